The topological polar surface area (TPSA) is 15.3 Å². The van der Waals surface area contributed by atoms with E-state index in [0.717, 1.165) is 0 Å². The van der Waals surface area contributed by atoms with E-state index in [1.54, 1.807) is 0 Å². The summed E-state index contributed by atoms with van der Waals surface area (Å²) in [6, 6.07) is 0. The molecule has 2 aliphatic rings. The zero-order chi connectivity index (χ0) is 13.4. The highest BCUT2D eigenvalue weighted by Crippen LogP contribution is 2.37. The van der Waals surface area contributed by atoms with E-state index in [1.165, 1.54) is 96.9 Å². The van der Waals surface area contributed by atoms with E-state index in [0.29, 0.717) is 5.41 Å². The lowest BCUT2D eigenvalue weighted by atomic mass is 9.73. The third-order valence-corrected chi connectivity index (χ3v) is 5.10. The lowest BCUT2D eigenvalue weighted by Crippen LogP contribution is -2.45. The third kappa shape index (κ3) is 5.07. The van der Waals surface area contributed by atoms with Crippen molar-refractivity contribution in [2.75, 3.05) is 32.7 Å². The van der Waals surface area contributed by atoms with Crippen molar-refractivity contribution >= 4 is 0 Å². The molecule has 0 atom stereocenters. The number of nitrogens with one attached hydrogen (secondary N) is 1. The Morgan fingerprint density at radius 2 is 1.53 bits per heavy atom. The summed E-state index contributed by atoms with van der Waals surface area (Å²) in [6.45, 7) is 8.81. The van der Waals surface area contributed by atoms with Crippen LogP contribution in [-0.2, 0) is 0 Å². The van der Waals surface area contributed by atoms with E-state index in [1.807, 2.05) is 0 Å². The molecule has 2 heteroatoms. The monoisotopic (exact) mass is 266 g/mol. The highest BCUT2D eigenvalue weighted by molar-refractivity contribution is 4.88. The molecule has 19 heavy (non-hydrogen) atoms. The molecule has 1 saturated heterocycles. The molecule has 1 heterocycles. The highest BCUT2D eigenvalue weighted by Gasteiger charge is 2.33. The summed E-state index contributed by atoms with van der Waals surface area (Å²) in [4.78, 5) is 2.78. The van der Waals surface area contributed by atoms with Gasteiger partial charge in [-0.25, -0.2) is 0 Å². The largest absolute Gasteiger partial charge is 0.316 e. The van der Waals surface area contributed by atoms with Crippen LogP contribution in [0.2, 0.25) is 0 Å². The zero-order valence-corrected chi connectivity index (χ0v) is 13.1. The minimum Gasteiger partial charge on any atom is -0.316 e. The van der Waals surface area contributed by atoms with Crippen LogP contribution in [0.1, 0.15) is 71.1 Å². The Morgan fingerprint density at radius 3 is 2.16 bits per heavy atom. The molecule has 1 aliphatic heterocycles. The minimum absolute atomic E-state index is 0.595. The predicted octanol–water partition coefficient (Wildman–Crippen LogP) is 3.81. The fourth-order valence-corrected chi connectivity index (χ4v) is 3.99. The van der Waals surface area contributed by atoms with Gasteiger partial charge in [-0.05, 0) is 57.2 Å². The van der Waals surface area contributed by atoms with Gasteiger partial charge in [0.05, 0.1) is 0 Å². The molecule has 2 rings (SSSR count). The number of hydrogen-bond acceptors (Lipinski definition) is 2. The van der Waals surface area contributed by atoms with Gasteiger partial charge < -0.3 is 10.2 Å². The number of nitrogens with zero attached hydrogens (tertiary/aromatic N) is 1. The lowest BCUT2D eigenvalue weighted by Gasteiger charge is -2.41. The van der Waals surface area contributed by atoms with Gasteiger partial charge >= 0.3 is 0 Å². The van der Waals surface area contributed by atoms with Crippen molar-refractivity contribution in [1.29, 1.82) is 0 Å². The summed E-state index contributed by atoms with van der Waals surface area (Å²) in [6.07, 6.45) is 14.3. The Morgan fingerprint density at radius 1 is 0.895 bits per heavy atom. The fraction of sp³-hybridized carbons (Fsp3) is 1.00. The second-order valence-corrected chi connectivity index (χ2v) is 6.93. The predicted molar refractivity (Wildman–Crippen MR) is 83.6 cm³/mol. The van der Waals surface area contributed by atoms with E-state index >= 15 is 0 Å². The molecule has 0 amide bonds. The molecular formula is C17H34N2. The molecule has 0 unspecified atom stereocenters. The Balaban J connectivity index is 1.87. The second kappa shape index (κ2) is 8.26. The van der Waals surface area contributed by atoms with Crippen LogP contribution in [0.5, 0.6) is 0 Å². The van der Waals surface area contributed by atoms with Crippen LogP contribution in [0.3, 0.4) is 0 Å². The van der Waals surface area contributed by atoms with Gasteiger partial charge in [-0.1, -0.05) is 39.0 Å². The molecule has 1 saturated carbocycles. The van der Waals surface area contributed by atoms with E-state index in [9.17, 15) is 0 Å². The molecule has 0 aromatic carbocycles. The van der Waals surface area contributed by atoms with E-state index in [4.69, 9.17) is 0 Å². The summed E-state index contributed by atoms with van der Waals surface area (Å²) in [5.74, 6) is 0. The number of rotatable bonds is 6. The maximum absolute atomic E-state index is 3.72. The standard InChI is InChI=1S/C17H34N2/c1-2-12-18-15-17(10-6-5-7-11-17)16-19-13-8-3-4-9-14-19/h18H,2-16H2,1H3. The van der Waals surface area contributed by atoms with E-state index in [-0.39, 0.29) is 0 Å². The van der Waals surface area contributed by atoms with Crippen LogP contribution in [0, 0.1) is 5.41 Å². The zero-order valence-electron chi connectivity index (χ0n) is 13.1. The average Bonchev–Trinajstić information content (AvgIpc) is 2.69. The number of likely N-dealkylation sites (tertiary alicyclic amines) is 1. The van der Waals surface area contributed by atoms with Gasteiger partial charge in [0.15, 0.2) is 0 Å². The van der Waals surface area contributed by atoms with Crippen molar-refractivity contribution in [3.63, 3.8) is 0 Å². The van der Waals surface area contributed by atoms with Gasteiger partial charge in [0, 0.05) is 13.1 Å². The van der Waals surface area contributed by atoms with Crippen LogP contribution < -0.4 is 5.32 Å². The molecule has 0 aromatic rings. The van der Waals surface area contributed by atoms with Crippen LogP contribution >= 0.6 is 0 Å². The quantitative estimate of drug-likeness (QED) is 0.735. The highest BCUT2D eigenvalue weighted by atomic mass is 15.1. The van der Waals surface area contributed by atoms with E-state index < -0.39 is 0 Å². The molecule has 0 spiro atoms. The normalized spacial score (nSPS) is 25.1. The molecule has 2 nitrogen and oxygen atoms in total. The Hall–Kier alpha value is -0.0800. The molecule has 0 radical (unpaired) electrons. The Bertz CT molecular complexity index is 225. The van der Waals surface area contributed by atoms with Gasteiger partial charge in [-0.2, -0.15) is 0 Å². The van der Waals surface area contributed by atoms with Crippen LogP contribution in [0.4, 0.5) is 0 Å². The molecular weight excluding hydrogens is 232 g/mol. The van der Waals surface area contributed by atoms with Gasteiger partial charge in [0.2, 0.25) is 0 Å². The summed E-state index contributed by atoms with van der Waals surface area (Å²) in [5.41, 5.74) is 0.595. The first kappa shape index (κ1) is 15.3. The first-order chi connectivity index (χ1) is 9.35. The maximum Gasteiger partial charge on any atom is 0.00501 e. The van der Waals surface area contributed by atoms with E-state index in [2.05, 4.69) is 17.1 Å². The SMILES string of the molecule is CCCNCC1(CN2CCCCCC2)CCCCC1. The minimum atomic E-state index is 0.595. The molecule has 112 valence electrons. The van der Waals surface area contributed by atoms with Crippen LogP contribution in [0.15, 0.2) is 0 Å². The summed E-state index contributed by atoms with van der Waals surface area (Å²) in [5, 5.41) is 3.72. The van der Waals surface area contributed by atoms with Crippen molar-refractivity contribution in [3.05, 3.63) is 0 Å². The molecule has 2 fully saturated rings. The smallest absolute Gasteiger partial charge is 0.00501 e. The van der Waals surface area contributed by atoms with Crippen molar-refractivity contribution in [1.82, 2.24) is 10.2 Å². The van der Waals surface area contributed by atoms with Crippen molar-refractivity contribution < 1.29 is 0 Å². The second-order valence-electron chi connectivity index (χ2n) is 6.93. The maximum atomic E-state index is 3.72. The third-order valence-electron chi connectivity index (χ3n) is 5.10. The average molecular weight is 266 g/mol. The Kier molecular flexibility index (Phi) is 6.66. The first-order valence-corrected chi connectivity index (χ1v) is 8.78. The van der Waals surface area contributed by atoms with Gasteiger partial charge in [0.25, 0.3) is 0 Å². The Labute approximate surface area is 120 Å². The molecule has 1 N–H and O–H groups in total. The molecule has 0 bridgehead atoms. The van der Waals surface area contributed by atoms with Crippen molar-refractivity contribution in [2.24, 2.45) is 5.41 Å². The van der Waals surface area contributed by atoms with Gasteiger partial charge in [-0.15, -0.1) is 0 Å². The van der Waals surface area contributed by atoms with Crippen molar-refractivity contribution in [2.45, 2.75) is 71.1 Å². The molecule has 0 aromatic heterocycles. The van der Waals surface area contributed by atoms with Gasteiger partial charge in [-0.3, -0.25) is 0 Å². The summed E-state index contributed by atoms with van der Waals surface area (Å²) >= 11 is 0. The lowest BCUT2D eigenvalue weighted by molar-refractivity contribution is 0.104. The molecule has 1 aliphatic carbocycles. The van der Waals surface area contributed by atoms with Crippen LogP contribution in [0.25, 0.3) is 0 Å². The summed E-state index contributed by atoms with van der Waals surface area (Å²) in [7, 11) is 0. The van der Waals surface area contributed by atoms with Crippen LogP contribution in [-0.4, -0.2) is 37.6 Å². The summed E-state index contributed by atoms with van der Waals surface area (Å²) < 4.78 is 0. The van der Waals surface area contributed by atoms with Gasteiger partial charge in [0.1, 0.15) is 0 Å². The fourth-order valence-electron chi connectivity index (χ4n) is 3.99. The first-order valence-electron chi connectivity index (χ1n) is 8.78. The number of hydrogen-bond donors (Lipinski definition) is 1. The van der Waals surface area contributed by atoms with Crippen molar-refractivity contribution in [3.8, 4) is 0 Å².